The van der Waals surface area contributed by atoms with Crippen molar-refractivity contribution in [3.8, 4) is 0 Å². The van der Waals surface area contributed by atoms with E-state index in [4.69, 9.17) is 4.74 Å². The van der Waals surface area contributed by atoms with Crippen molar-refractivity contribution in [3.63, 3.8) is 0 Å². The number of epoxide rings is 1. The Labute approximate surface area is 70.4 Å². The Balaban J connectivity index is 2.11. The zero-order valence-corrected chi connectivity index (χ0v) is 6.73. The molecule has 1 aromatic heterocycles. The molecule has 0 amide bonds. The predicted octanol–water partition coefficient (Wildman–Crippen LogP) is 1.11. The van der Waals surface area contributed by atoms with E-state index in [9.17, 15) is 4.79 Å². The van der Waals surface area contributed by atoms with Crippen molar-refractivity contribution < 1.29 is 9.53 Å². The third-order valence-electron chi connectivity index (χ3n) is 1.93. The number of carbonyl (C=O) groups excluding carboxylic acids is 1. The molecule has 12 heavy (non-hydrogen) atoms. The Kier molecular flexibility index (Phi) is 1.66. The van der Waals surface area contributed by atoms with E-state index in [1.165, 1.54) is 0 Å². The second-order valence-electron chi connectivity index (χ2n) is 2.87. The van der Waals surface area contributed by atoms with Gasteiger partial charge in [0.2, 0.25) is 0 Å². The van der Waals surface area contributed by atoms with Crippen molar-refractivity contribution in [3.05, 3.63) is 30.1 Å². The molecule has 2 heterocycles. The van der Waals surface area contributed by atoms with Crippen molar-refractivity contribution in [2.75, 3.05) is 0 Å². The smallest absolute Gasteiger partial charge is 0.161 e. The van der Waals surface area contributed by atoms with Crippen molar-refractivity contribution >= 4 is 5.78 Å². The minimum absolute atomic E-state index is 0.0227. The molecule has 0 radical (unpaired) electrons. The predicted molar refractivity (Wildman–Crippen MR) is 42.5 cm³/mol. The number of rotatable bonds is 2. The van der Waals surface area contributed by atoms with E-state index in [2.05, 4.69) is 4.98 Å². The molecule has 62 valence electrons. The Morgan fingerprint density at radius 2 is 2.17 bits per heavy atom. The molecule has 1 saturated heterocycles. The van der Waals surface area contributed by atoms with E-state index in [1.54, 1.807) is 19.3 Å². The van der Waals surface area contributed by atoms with Gasteiger partial charge in [0.1, 0.15) is 12.2 Å². The van der Waals surface area contributed by atoms with Gasteiger partial charge < -0.3 is 4.74 Å². The van der Waals surface area contributed by atoms with Crippen LogP contribution in [0.15, 0.2) is 24.5 Å². The average Bonchev–Trinajstić information content (AvgIpc) is 2.84. The standard InChI is InChI=1S/C9H9NO2/c1-6(11)8-9(12-8)7-2-4-10-5-3-7/h2-5,8-9H,1H3/t8-,9-/m1/s1. The number of nitrogens with zero attached hydrogens (tertiary/aromatic N) is 1. The zero-order valence-electron chi connectivity index (χ0n) is 6.73. The average molecular weight is 163 g/mol. The fourth-order valence-electron chi connectivity index (χ4n) is 1.23. The van der Waals surface area contributed by atoms with Crippen LogP contribution in [0.3, 0.4) is 0 Å². The largest absolute Gasteiger partial charge is 0.356 e. The van der Waals surface area contributed by atoms with Gasteiger partial charge in [0.25, 0.3) is 0 Å². The first-order chi connectivity index (χ1) is 5.79. The summed E-state index contributed by atoms with van der Waals surface area (Å²) in [6.45, 7) is 1.55. The second-order valence-corrected chi connectivity index (χ2v) is 2.87. The minimum atomic E-state index is -0.215. The van der Waals surface area contributed by atoms with Crippen LogP contribution in [0.25, 0.3) is 0 Å². The molecular formula is C9H9NO2. The molecule has 0 aliphatic carbocycles. The molecule has 2 rings (SSSR count). The van der Waals surface area contributed by atoms with Crippen LogP contribution in [-0.2, 0) is 9.53 Å². The normalized spacial score (nSPS) is 26.8. The topological polar surface area (TPSA) is 42.5 Å². The van der Waals surface area contributed by atoms with Gasteiger partial charge in [-0.05, 0) is 24.6 Å². The van der Waals surface area contributed by atoms with Gasteiger partial charge in [-0.1, -0.05) is 0 Å². The molecule has 1 fully saturated rings. The maximum absolute atomic E-state index is 10.8. The summed E-state index contributed by atoms with van der Waals surface area (Å²) in [6, 6.07) is 3.74. The van der Waals surface area contributed by atoms with Crippen LogP contribution in [0.5, 0.6) is 0 Å². The van der Waals surface area contributed by atoms with E-state index < -0.39 is 0 Å². The number of ketones is 1. The summed E-state index contributed by atoms with van der Waals surface area (Å²) in [5, 5.41) is 0. The van der Waals surface area contributed by atoms with Gasteiger partial charge in [-0.25, -0.2) is 0 Å². The van der Waals surface area contributed by atoms with E-state index in [0.717, 1.165) is 5.56 Å². The van der Waals surface area contributed by atoms with Crippen LogP contribution < -0.4 is 0 Å². The number of pyridine rings is 1. The van der Waals surface area contributed by atoms with Gasteiger partial charge in [0, 0.05) is 12.4 Å². The summed E-state index contributed by atoms with van der Waals surface area (Å²) in [7, 11) is 0. The Morgan fingerprint density at radius 3 is 2.67 bits per heavy atom. The van der Waals surface area contributed by atoms with Crippen LogP contribution in [-0.4, -0.2) is 16.9 Å². The molecule has 0 N–H and O–H groups in total. The Hall–Kier alpha value is -1.22. The maximum atomic E-state index is 10.8. The quantitative estimate of drug-likeness (QED) is 0.613. The van der Waals surface area contributed by atoms with Crippen LogP contribution in [0, 0.1) is 0 Å². The van der Waals surface area contributed by atoms with Crippen molar-refractivity contribution in [1.82, 2.24) is 4.98 Å². The van der Waals surface area contributed by atoms with Crippen molar-refractivity contribution in [2.45, 2.75) is 19.1 Å². The molecule has 1 aliphatic heterocycles. The maximum Gasteiger partial charge on any atom is 0.161 e. The Bertz CT molecular complexity index is 297. The van der Waals surface area contributed by atoms with E-state index in [-0.39, 0.29) is 18.0 Å². The molecule has 0 spiro atoms. The first-order valence-electron chi connectivity index (χ1n) is 3.85. The van der Waals surface area contributed by atoms with Crippen LogP contribution in [0.1, 0.15) is 18.6 Å². The summed E-state index contributed by atoms with van der Waals surface area (Å²) in [6.07, 6.45) is 3.17. The van der Waals surface area contributed by atoms with Gasteiger partial charge in [-0.3, -0.25) is 9.78 Å². The lowest BCUT2D eigenvalue weighted by Crippen LogP contribution is -2.00. The number of hydrogen-bond acceptors (Lipinski definition) is 3. The third-order valence-corrected chi connectivity index (χ3v) is 1.93. The van der Waals surface area contributed by atoms with Crippen molar-refractivity contribution in [2.24, 2.45) is 0 Å². The lowest BCUT2D eigenvalue weighted by molar-refractivity contribution is -0.118. The van der Waals surface area contributed by atoms with Crippen molar-refractivity contribution in [1.29, 1.82) is 0 Å². The summed E-state index contributed by atoms with van der Waals surface area (Å²) >= 11 is 0. The molecule has 1 aromatic rings. The first kappa shape index (κ1) is 7.43. The summed E-state index contributed by atoms with van der Waals surface area (Å²) < 4.78 is 5.19. The summed E-state index contributed by atoms with van der Waals surface area (Å²) in [5.74, 6) is 0.0943. The molecule has 0 saturated carbocycles. The minimum Gasteiger partial charge on any atom is -0.356 e. The van der Waals surface area contributed by atoms with Crippen LogP contribution in [0.2, 0.25) is 0 Å². The number of Topliss-reactive ketones (excluding diaryl/α,β-unsaturated/α-hetero) is 1. The molecule has 1 aliphatic rings. The van der Waals surface area contributed by atoms with Crippen LogP contribution in [0.4, 0.5) is 0 Å². The lowest BCUT2D eigenvalue weighted by atomic mass is 10.1. The van der Waals surface area contributed by atoms with Gasteiger partial charge in [0.05, 0.1) is 0 Å². The highest BCUT2D eigenvalue weighted by Gasteiger charge is 2.43. The van der Waals surface area contributed by atoms with Gasteiger partial charge in [-0.15, -0.1) is 0 Å². The van der Waals surface area contributed by atoms with Crippen LogP contribution >= 0.6 is 0 Å². The summed E-state index contributed by atoms with van der Waals surface area (Å²) in [4.78, 5) is 14.7. The van der Waals surface area contributed by atoms with Gasteiger partial charge in [0.15, 0.2) is 5.78 Å². The van der Waals surface area contributed by atoms with Gasteiger partial charge in [-0.2, -0.15) is 0 Å². The highest BCUT2D eigenvalue weighted by atomic mass is 16.6. The monoisotopic (exact) mass is 163 g/mol. The first-order valence-corrected chi connectivity index (χ1v) is 3.85. The molecule has 2 atom stereocenters. The van der Waals surface area contributed by atoms with E-state index in [1.807, 2.05) is 12.1 Å². The van der Waals surface area contributed by atoms with Gasteiger partial charge >= 0.3 is 0 Å². The Morgan fingerprint density at radius 1 is 1.50 bits per heavy atom. The third kappa shape index (κ3) is 1.23. The molecule has 0 aromatic carbocycles. The molecule has 3 nitrogen and oxygen atoms in total. The number of ether oxygens (including phenoxy) is 1. The van der Waals surface area contributed by atoms with E-state index >= 15 is 0 Å². The fourth-order valence-corrected chi connectivity index (χ4v) is 1.23. The highest BCUT2D eigenvalue weighted by Crippen LogP contribution is 2.38. The molecule has 0 unspecified atom stereocenters. The molecule has 0 bridgehead atoms. The fraction of sp³-hybridized carbons (Fsp3) is 0.333. The second kappa shape index (κ2) is 2.68. The molecular weight excluding hydrogens is 154 g/mol. The van der Waals surface area contributed by atoms with E-state index in [0.29, 0.717) is 0 Å². The number of carbonyl (C=O) groups is 1. The number of hydrogen-bond donors (Lipinski definition) is 0. The lowest BCUT2D eigenvalue weighted by Gasteiger charge is -1.91. The number of aromatic nitrogens is 1. The zero-order chi connectivity index (χ0) is 8.55. The summed E-state index contributed by atoms with van der Waals surface area (Å²) in [5.41, 5.74) is 1.03. The highest BCUT2D eigenvalue weighted by molar-refractivity contribution is 5.83. The molecule has 3 heteroatoms. The SMILES string of the molecule is CC(=O)[C@H]1O[C@@H]1c1ccncc1.